The van der Waals surface area contributed by atoms with Crippen LogP contribution in [0.4, 0.5) is 0 Å². The molecule has 1 unspecified atom stereocenters. The second kappa shape index (κ2) is 9.14. The van der Waals surface area contributed by atoms with Crippen LogP contribution in [0.2, 0.25) is 0 Å². The molecule has 3 heterocycles. The van der Waals surface area contributed by atoms with Gasteiger partial charge in [-0.1, -0.05) is 42.5 Å². The molecule has 0 aliphatic carbocycles. The van der Waals surface area contributed by atoms with Crippen LogP contribution in [-0.4, -0.2) is 47.7 Å². The number of hydrogen-bond acceptors (Lipinski definition) is 6. The lowest BCUT2D eigenvalue weighted by molar-refractivity contribution is 0.0952. The van der Waals surface area contributed by atoms with Gasteiger partial charge in [0.15, 0.2) is 15.5 Å². The molecule has 1 atom stereocenters. The molecule has 1 aliphatic heterocycles. The normalized spacial score (nSPS) is 16.9. The Balaban J connectivity index is 1.56. The molecular weight excluding hydrogens is 464 g/mol. The Morgan fingerprint density at radius 1 is 1.14 bits per heavy atom. The molecule has 1 aliphatic rings. The smallest absolute Gasteiger partial charge is 0.252 e. The molecule has 0 bridgehead atoms. The van der Waals surface area contributed by atoms with Crippen LogP contribution in [0.25, 0.3) is 22.3 Å². The molecular formula is C26H26N4O4S. The largest absolute Gasteiger partial charge is 0.497 e. The van der Waals surface area contributed by atoms with Gasteiger partial charge in [0.2, 0.25) is 0 Å². The van der Waals surface area contributed by atoms with Crippen molar-refractivity contribution in [3.05, 3.63) is 77.5 Å². The van der Waals surface area contributed by atoms with Gasteiger partial charge < -0.3 is 10.1 Å². The van der Waals surface area contributed by atoms with E-state index in [1.54, 1.807) is 17.9 Å². The van der Waals surface area contributed by atoms with E-state index in [0.29, 0.717) is 41.0 Å². The summed E-state index contributed by atoms with van der Waals surface area (Å²) < 4.78 is 31.2. The second-order valence-corrected chi connectivity index (χ2v) is 11.0. The van der Waals surface area contributed by atoms with E-state index < -0.39 is 9.84 Å². The Morgan fingerprint density at radius 2 is 1.89 bits per heavy atom. The number of carbonyl (C=O) groups excluding carboxylic acids is 1. The fourth-order valence-corrected chi connectivity index (χ4v) is 6.18. The lowest BCUT2D eigenvalue weighted by Gasteiger charge is -2.12. The Morgan fingerprint density at radius 3 is 2.54 bits per heavy atom. The maximum atomic E-state index is 13.4. The molecule has 0 saturated carbocycles. The number of aromatic nitrogens is 3. The van der Waals surface area contributed by atoms with E-state index in [2.05, 4.69) is 10.4 Å². The van der Waals surface area contributed by atoms with Crippen molar-refractivity contribution in [2.45, 2.75) is 25.9 Å². The third kappa shape index (κ3) is 4.64. The lowest BCUT2D eigenvalue weighted by atomic mass is 10.0. The average molecular weight is 491 g/mol. The molecule has 35 heavy (non-hydrogen) atoms. The number of carbonyl (C=O) groups is 1. The summed E-state index contributed by atoms with van der Waals surface area (Å²) >= 11 is 0. The van der Waals surface area contributed by atoms with Crippen molar-refractivity contribution in [2.24, 2.45) is 0 Å². The molecule has 2 aromatic heterocycles. The maximum absolute atomic E-state index is 13.4. The van der Waals surface area contributed by atoms with E-state index in [1.807, 2.05) is 61.5 Å². The van der Waals surface area contributed by atoms with E-state index >= 15 is 0 Å². The monoisotopic (exact) mass is 490 g/mol. The van der Waals surface area contributed by atoms with Gasteiger partial charge in [0.05, 0.1) is 47.0 Å². The number of sulfone groups is 1. The van der Waals surface area contributed by atoms with Crippen molar-refractivity contribution >= 4 is 26.8 Å². The second-order valence-electron chi connectivity index (χ2n) is 8.74. The summed E-state index contributed by atoms with van der Waals surface area (Å²) in [6, 6.07) is 18.6. The summed E-state index contributed by atoms with van der Waals surface area (Å²) in [6.07, 6.45) is 0.481. The van der Waals surface area contributed by atoms with Crippen LogP contribution < -0.4 is 10.1 Å². The molecule has 1 amide bonds. The summed E-state index contributed by atoms with van der Waals surface area (Å²) in [5, 5.41) is 8.29. The molecule has 8 nitrogen and oxygen atoms in total. The highest BCUT2D eigenvalue weighted by Gasteiger charge is 2.32. The third-order valence-electron chi connectivity index (χ3n) is 6.32. The van der Waals surface area contributed by atoms with Gasteiger partial charge in [-0.15, -0.1) is 0 Å². The number of methoxy groups -OCH3 is 1. The number of ether oxygens (including phenoxy) is 1. The molecule has 4 aromatic rings. The molecule has 180 valence electrons. The summed E-state index contributed by atoms with van der Waals surface area (Å²) in [5.41, 5.74) is 4.08. The van der Waals surface area contributed by atoms with Gasteiger partial charge in [-0.25, -0.2) is 18.1 Å². The predicted octanol–water partition coefficient (Wildman–Crippen LogP) is 3.70. The van der Waals surface area contributed by atoms with E-state index in [-0.39, 0.29) is 23.5 Å². The number of amides is 1. The molecule has 9 heteroatoms. The quantitative estimate of drug-likeness (QED) is 0.442. The van der Waals surface area contributed by atoms with Crippen LogP contribution in [0.3, 0.4) is 0 Å². The number of benzene rings is 2. The van der Waals surface area contributed by atoms with Crippen molar-refractivity contribution in [2.75, 3.05) is 18.6 Å². The van der Waals surface area contributed by atoms with Crippen LogP contribution in [0.5, 0.6) is 5.75 Å². The zero-order valence-corrected chi connectivity index (χ0v) is 20.4. The van der Waals surface area contributed by atoms with Gasteiger partial charge in [0.1, 0.15) is 5.75 Å². The summed E-state index contributed by atoms with van der Waals surface area (Å²) in [6.45, 7) is 2.17. The SMILES string of the molecule is COc1ccc(CNC(=O)c2cc(-c3ccccc3)nc3c2c(C)nn3C2CCS(=O)(=O)C2)cc1. The standard InChI is InChI=1S/C26H26N4O4S/c1-17-24-22(26(31)27-15-18-8-10-21(34-2)11-9-18)14-23(19-6-4-3-5-7-19)28-25(24)30(29-17)20-12-13-35(32,33)16-20/h3-11,14,20H,12-13,15-16H2,1-2H3,(H,27,31). The highest BCUT2D eigenvalue weighted by molar-refractivity contribution is 7.91. The Hall–Kier alpha value is -3.72. The van der Waals surface area contributed by atoms with Gasteiger partial charge >= 0.3 is 0 Å². The number of nitrogens with zero attached hydrogens (tertiary/aromatic N) is 3. The van der Waals surface area contributed by atoms with Crippen LogP contribution in [0, 0.1) is 6.92 Å². The summed E-state index contributed by atoms with van der Waals surface area (Å²) in [5.74, 6) is 0.665. The fraction of sp³-hybridized carbons (Fsp3) is 0.269. The van der Waals surface area contributed by atoms with E-state index in [9.17, 15) is 13.2 Å². The summed E-state index contributed by atoms with van der Waals surface area (Å²) in [4.78, 5) is 18.3. The topological polar surface area (TPSA) is 103 Å². The zero-order chi connectivity index (χ0) is 24.6. The fourth-order valence-electron chi connectivity index (χ4n) is 4.49. The van der Waals surface area contributed by atoms with E-state index in [1.165, 1.54) is 0 Å². The van der Waals surface area contributed by atoms with Crippen LogP contribution in [0.1, 0.15) is 34.1 Å². The van der Waals surface area contributed by atoms with Crippen molar-refractivity contribution in [1.82, 2.24) is 20.1 Å². The lowest BCUT2D eigenvalue weighted by Crippen LogP contribution is -2.23. The predicted molar refractivity (Wildman–Crippen MR) is 134 cm³/mol. The van der Waals surface area contributed by atoms with Crippen LogP contribution in [-0.2, 0) is 16.4 Å². The highest BCUT2D eigenvalue weighted by Crippen LogP contribution is 2.32. The summed E-state index contributed by atoms with van der Waals surface area (Å²) in [7, 11) is -1.50. The number of rotatable bonds is 6. The number of pyridine rings is 1. The van der Waals surface area contributed by atoms with Crippen molar-refractivity contribution < 1.29 is 17.9 Å². The molecule has 2 aromatic carbocycles. The molecule has 0 spiro atoms. The molecule has 1 saturated heterocycles. The minimum atomic E-state index is -3.11. The first-order valence-corrected chi connectivity index (χ1v) is 13.2. The van der Waals surface area contributed by atoms with Gasteiger partial charge in [-0.2, -0.15) is 5.10 Å². The third-order valence-corrected chi connectivity index (χ3v) is 8.07. The molecule has 5 rings (SSSR count). The van der Waals surface area contributed by atoms with Crippen LogP contribution >= 0.6 is 0 Å². The first-order chi connectivity index (χ1) is 16.8. The van der Waals surface area contributed by atoms with Gasteiger partial charge in [0, 0.05) is 12.1 Å². The first kappa shape index (κ1) is 23.0. The first-order valence-electron chi connectivity index (χ1n) is 11.4. The number of nitrogens with one attached hydrogen (secondary N) is 1. The Bertz CT molecular complexity index is 1500. The van der Waals surface area contributed by atoms with E-state index in [0.717, 1.165) is 16.9 Å². The number of fused-ring (bicyclic) bond motifs is 1. The molecule has 1 fully saturated rings. The van der Waals surface area contributed by atoms with Crippen LogP contribution in [0.15, 0.2) is 60.7 Å². The number of hydrogen-bond donors (Lipinski definition) is 1. The van der Waals surface area contributed by atoms with E-state index in [4.69, 9.17) is 9.72 Å². The van der Waals surface area contributed by atoms with Gasteiger partial charge in [-0.3, -0.25) is 4.79 Å². The van der Waals surface area contributed by atoms with Crippen molar-refractivity contribution in [3.8, 4) is 17.0 Å². The molecule has 1 N–H and O–H groups in total. The average Bonchev–Trinajstić information content (AvgIpc) is 3.41. The zero-order valence-electron chi connectivity index (χ0n) is 19.6. The molecule has 0 radical (unpaired) electrons. The Kier molecular flexibility index (Phi) is 6.02. The van der Waals surface area contributed by atoms with Gasteiger partial charge in [0.25, 0.3) is 5.91 Å². The van der Waals surface area contributed by atoms with Gasteiger partial charge in [-0.05, 0) is 37.1 Å². The van der Waals surface area contributed by atoms with Crippen molar-refractivity contribution in [3.63, 3.8) is 0 Å². The Labute approximate surface area is 203 Å². The maximum Gasteiger partial charge on any atom is 0.252 e. The minimum absolute atomic E-state index is 0.0272. The highest BCUT2D eigenvalue weighted by atomic mass is 32.2. The number of aryl methyl sites for hydroxylation is 1. The minimum Gasteiger partial charge on any atom is -0.497 e. The van der Waals surface area contributed by atoms with Crippen molar-refractivity contribution in [1.29, 1.82) is 0 Å².